The summed E-state index contributed by atoms with van der Waals surface area (Å²) in [6.07, 6.45) is 4.10. The van der Waals surface area contributed by atoms with E-state index in [2.05, 4.69) is 62.0 Å². The highest BCUT2D eigenvalue weighted by molar-refractivity contribution is 7.92. The van der Waals surface area contributed by atoms with Crippen molar-refractivity contribution in [2.45, 2.75) is 25.4 Å². The molecule has 2 unspecified atom stereocenters. The van der Waals surface area contributed by atoms with Crippen molar-refractivity contribution in [1.29, 1.82) is 0 Å². The van der Waals surface area contributed by atoms with Gasteiger partial charge >= 0.3 is 0 Å². The van der Waals surface area contributed by atoms with Crippen LogP contribution in [0.4, 0.5) is 23.0 Å². The Morgan fingerprint density at radius 2 is 1.76 bits per heavy atom. The summed E-state index contributed by atoms with van der Waals surface area (Å²) in [5, 5.41) is 3.32. The smallest absolute Gasteiger partial charge is 0.229 e. The lowest BCUT2D eigenvalue weighted by Gasteiger charge is -2.34. The molecule has 0 spiro atoms. The first-order valence-electron chi connectivity index (χ1n) is 11.0. The van der Waals surface area contributed by atoms with Crippen molar-refractivity contribution in [3.63, 3.8) is 0 Å². The summed E-state index contributed by atoms with van der Waals surface area (Å²) in [4.78, 5) is 14.0. The molecule has 3 heterocycles. The maximum Gasteiger partial charge on any atom is 0.229 e. The number of rotatable bonds is 6. The molecule has 0 radical (unpaired) electrons. The molecular formula is C24H28N6O2S. The van der Waals surface area contributed by atoms with E-state index in [0.717, 1.165) is 36.3 Å². The molecule has 2 bridgehead atoms. The van der Waals surface area contributed by atoms with Gasteiger partial charge in [-0.15, -0.1) is 0 Å². The minimum atomic E-state index is -3.30. The van der Waals surface area contributed by atoms with Crippen LogP contribution in [0.25, 0.3) is 11.3 Å². The van der Waals surface area contributed by atoms with E-state index in [9.17, 15) is 8.42 Å². The first-order chi connectivity index (χ1) is 15.7. The van der Waals surface area contributed by atoms with Crippen LogP contribution in [0.15, 0.2) is 54.7 Å². The number of fused-ring (bicyclic) bond motifs is 2. The Bertz CT molecular complexity index is 1280. The molecule has 8 nitrogen and oxygen atoms in total. The summed E-state index contributed by atoms with van der Waals surface area (Å²) in [6.45, 7) is 4.38. The van der Waals surface area contributed by atoms with Gasteiger partial charge in [-0.05, 0) is 62.4 Å². The number of likely N-dealkylation sites (N-methyl/N-ethyl adjacent to an activating group) is 1. The quantitative estimate of drug-likeness (QED) is 0.577. The molecule has 0 aliphatic carbocycles. The highest BCUT2D eigenvalue weighted by Crippen LogP contribution is 2.36. The number of benzene rings is 2. The van der Waals surface area contributed by atoms with Crippen LogP contribution in [0.1, 0.15) is 12.0 Å². The number of aryl methyl sites for hydroxylation is 1. The summed E-state index contributed by atoms with van der Waals surface area (Å²) >= 11 is 0. The van der Waals surface area contributed by atoms with Gasteiger partial charge in [0.05, 0.1) is 11.9 Å². The van der Waals surface area contributed by atoms with E-state index in [-0.39, 0.29) is 0 Å². The number of nitrogens with one attached hydrogen (secondary N) is 2. The number of likely N-dealkylation sites (tertiary alicyclic amines) is 1. The Morgan fingerprint density at radius 1 is 1.00 bits per heavy atom. The Morgan fingerprint density at radius 3 is 2.39 bits per heavy atom. The van der Waals surface area contributed by atoms with Crippen LogP contribution in [-0.2, 0) is 10.0 Å². The van der Waals surface area contributed by atoms with Crippen LogP contribution < -0.4 is 14.9 Å². The second-order valence-corrected chi connectivity index (χ2v) is 10.7. The van der Waals surface area contributed by atoms with Gasteiger partial charge in [-0.2, -0.15) is 0 Å². The molecule has 2 saturated heterocycles. The summed E-state index contributed by atoms with van der Waals surface area (Å²) in [7, 11) is -1.08. The third kappa shape index (κ3) is 4.65. The van der Waals surface area contributed by atoms with Crippen molar-refractivity contribution >= 4 is 33.0 Å². The molecule has 3 aromatic rings. The fraction of sp³-hybridized carbons (Fsp3) is 0.333. The monoisotopic (exact) mass is 464 g/mol. The van der Waals surface area contributed by atoms with E-state index in [4.69, 9.17) is 0 Å². The van der Waals surface area contributed by atoms with Gasteiger partial charge in [-0.1, -0.05) is 12.1 Å². The molecule has 2 aliphatic heterocycles. The van der Waals surface area contributed by atoms with Gasteiger partial charge in [0.15, 0.2) is 0 Å². The topological polar surface area (TPSA) is 90.5 Å². The molecule has 2 atom stereocenters. The Hall–Kier alpha value is -3.17. The predicted molar refractivity (Wildman–Crippen MR) is 133 cm³/mol. The van der Waals surface area contributed by atoms with Crippen LogP contribution in [0, 0.1) is 6.92 Å². The normalized spacial score (nSPS) is 20.3. The molecule has 172 valence electrons. The summed E-state index contributed by atoms with van der Waals surface area (Å²) < 4.78 is 25.3. The molecule has 5 rings (SSSR count). The largest absolute Gasteiger partial charge is 0.365 e. The van der Waals surface area contributed by atoms with Gasteiger partial charge in [0.25, 0.3) is 0 Å². The molecule has 2 aromatic carbocycles. The average Bonchev–Trinajstić information content (AvgIpc) is 3.33. The molecule has 2 N–H and O–H groups in total. The van der Waals surface area contributed by atoms with E-state index < -0.39 is 10.0 Å². The average molecular weight is 465 g/mol. The van der Waals surface area contributed by atoms with E-state index in [1.54, 1.807) is 18.3 Å². The highest BCUT2D eigenvalue weighted by Gasteiger charge is 2.41. The third-order valence-electron chi connectivity index (χ3n) is 6.42. The van der Waals surface area contributed by atoms with E-state index in [1.807, 2.05) is 18.2 Å². The summed E-state index contributed by atoms with van der Waals surface area (Å²) in [5.41, 5.74) is 5.63. The number of anilines is 4. The minimum Gasteiger partial charge on any atom is -0.365 e. The lowest BCUT2D eigenvalue weighted by atomic mass is 10.1. The third-order valence-corrected chi connectivity index (χ3v) is 7.02. The van der Waals surface area contributed by atoms with Gasteiger partial charge in [0.1, 0.15) is 0 Å². The first kappa shape index (κ1) is 21.7. The van der Waals surface area contributed by atoms with Crippen LogP contribution in [0.3, 0.4) is 0 Å². The molecule has 1 aromatic heterocycles. The zero-order valence-electron chi connectivity index (χ0n) is 19.0. The van der Waals surface area contributed by atoms with Crippen LogP contribution in [0.5, 0.6) is 0 Å². The second-order valence-electron chi connectivity index (χ2n) is 8.98. The van der Waals surface area contributed by atoms with Gasteiger partial charge in [0.2, 0.25) is 16.0 Å². The SMILES string of the molecule is Cc1cc(Nc2nccc(-c3ccc(NS(C)(=O)=O)cc3)n2)ccc1N1CC2CC1CN2C. The van der Waals surface area contributed by atoms with Crippen LogP contribution in [0.2, 0.25) is 0 Å². The van der Waals surface area contributed by atoms with Gasteiger partial charge < -0.3 is 10.2 Å². The molecular weight excluding hydrogens is 436 g/mol. The van der Waals surface area contributed by atoms with E-state index in [0.29, 0.717) is 23.7 Å². The molecule has 2 aliphatic rings. The second kappa shape index (κ2) is 8.31. The fourth-order valence-corrected chi connectivity index (χ4v) is 5.41. The number of aromatic nitrogens is 2. The van der Waals surface area contributed by atoms with Crippen LogP contribution >= 0.6 is 0 Å². The number of hydrogen-bond donors (Lipinski definition) is 2. The number of hydrogen-bond acceptors (Lipinski definition) is 7. The van der Waals surface area contributed by atoms with Crippen LogP contribution in [-0.4, -0.2) is 61.8 Å². The lowest BCUT2D eigenvalue weighted by molar-refractivity contribution is 0.292. The maximum atomic E-state index is 11.4. The summed E-state index contributed by atoms with van der Waals surface area (Å²) in [5.74, 6) is 0.514. The number of nitrogens with zero attached hydrogens (tertiary/aromatic N) is 4. The Kier molecular flexibility index (Phi) is 5.46. The summed E-state index contributed by atoms with van der Waals surface area (Å²) in [6, 6.07) is 16.6. The molecule has 0 amide bonds. The van der Waals surface area contributed by atoms with Crippen molar-refractivity contribution in [2.75, 3.05) is 41.3 Å². The first-order valence-corrected chi connectivity index (χ1v) is 12.9. The van der Waals surface area contributed by atoms with Crippen molar-refractivity contribution in [3.05, 3.63) is 60.3 Å². The van der Waals surface area contributed by atoms with Crippen molar-refractivity contribution in [1.82, 2.24) is 14.9 Å². The van der Waals surface area contributed by atoms with Gasteiger partial charge in [0, 0.05) is 54.0 Å². The maximum absolute atomic E-state index is 11.4. The Balaban J connectivity index is 1.30. The zero-order chi connectivity index (χ0) is 23.2. The van der Waals surface area contributed by atoms with Crippen molar-refractivity contribution in [2.24, 2.45) is 0 Å². The Labute approximate surface area is 194 Å². The van der Waals surface area contributed by atoms with Gasteiger partial charge in [-0.25, -0.2) is 18.4 Å². The molecule has 2 fully saturated rings. The number of sulfonamides is 1. The predicted octanol–water partition coefficient (Wildman–Crippen LogP) is 3.46. The zero-order valence-corrected chi connectivity index (χ0v) is 19.8. The minimum absolute atomic E-state index is 0.514. The standard InChI is InChI=1S/C24H28N6O2S/c1-16-12-19(8-9-23(16)30-15-20-13-21(30)14-29(20)2)26-24-25-11-10-22(27-24)17-4-6-18(7-5-17)28-33(3,31)32/h4-12,20-21,28H,13-15H2,1-3H3,(H,25,26,27). The van der Waals surface area contributed by atoms with E-state index in [1.165, 1.54) is 17.7 Å². The lowest BCUT2D eigenvalue weighted by Crippen LogP contribution is -2.44. The molecule has 33 heavy (non-hydrogen) atoms. The number of piperazine rings is 1. The van der Waals surface area contributed by atoms with Crippen molar-refractivity contribution < 1.29 is 8.42 Å². The molecule has 0 saturated carbocycles. The highest BCUT2D eigenvalue weighted by atomic mass is 32.2. The van der Waals surface area contributed by atoms with Gasteiger partial charge in [-0.3, -0.25) is 9.62 Å². The fourth-order valence-electron chi connectivity index (χ4n) is 4.85. The molecule has 9 heteroatoms. The van der Waals surface area contributed by atoms with E-state index >= 15 is 0 Å². The van der Waals surface area contributed by atoms with Crippen molar-refractivity contribution in [3.8, 4) is 11.3 Å².